The summed E-state index contributed by atoms with van der Waals surface area (Å²) in [6.45, 7) is 1.55. The number of nitrogens with one attached hydrogen (secondary N) is 2. The summed E-state index contributed by atoms with van der Waals surface area (Å²) >= 11 is 0. The molecule has 0 aliphatic carbocycles. The Balaban J connectivity index is 1.78. The predicted molar refractivity (Wildman–Crippen MR) is 83.0 cm³/mol. The molecule has 0 saturated carbocycles. The maximum absolute atomic E-state index is 11.1. The van der Waals surface area contributed by atoms with Crippen molar-refractivity contribution in [2.75, 3.05) is 13.6 Å². The topological polar surface area (TPSA) is 50.4 Å². The van der Waals surface area contributed by atoms with Crippen LogP contribution >= 0.6 is 0 Å². The van der Waals surface area contributed by atoms with Gasteiger partial charge in [0.2, 0.25) is 5.91 Å². The number of ether oxygens (including phenoxy) is 1. The molecule has 0 fully saturated rings. The Labute approximate surface area is 125 Å². The first-order valence-corrected chi connectivity index (χ1v) is 6.95. The van der Waals surface area contributed by atoms with Crippen LogP contribution in [0.5, 0.6) is 5.75 Å². The van der Waals surface area contributed by atoms with E-state index in [1.807, 2.05) is 54.6 Å². The molecule has 4 nitrogen and oxygen atoms in total. The van der Waals surface area contributed by atoms with Gasteiger partial charge in [0.15, 0.2) is 0 Å². The highest BCUT2D eigenvalue weighted by Gasteiger charge is 1.99. The molecule has 21 heavy (non-hydrogen) atoms. The molecule has 2 N–H and O–H groups in total. The van der Waals surface area contributed by atoms with Crippen molar-refractivity contribution in [1.82, 2.24) is 10.6 Å². The summed E-state index contributed by atoms with van der Waals surface area (Å²) in [5, 5.41) is 5.65. The van der Waals surface area contributed by atoms with Gasteiger partial charge in [0.1, 0.15) is 12.4 Å². The number of rotatable bonds is 7. The maximum Gasteiger partial charge on any atom is 0.233 e. The van der Waals surface area contributed by atoms with E-state index in [2.05, 4.69) is 10.6 Å². The lowest BCUT2D eigenvalue weighted by Crippen LogP contribution is -2.30. The first kappa shape index (κ1) is 15.1. The number of carbonyl (C=O) groups is 1. The van der Waals surface area contributed by atoms with E-state index >= 15 is 0 Å². The van der Waals surface area contributed by atoms with Crippen LogP contribution in [0.25, 0.3) is 0 Å². The van der Waals surface area contributed by atoms with Crippen LogP contribution in [0.15, 0.2) is 54.6 Å². The quantitative estimate of drug-likeness (QED) is 0.818. The number of likely N-dealkylation sites (N-methyl/N-ethyl adjacent to an activating group) is 1. The lowest BCUT2D eigenvalue weighted by atomic mass is 10.2. The van der Waals surface area contributed by atoms with E-state index in [1.54, 1.807) is 7.05 Å². The third kappa shape index (κ3) is 5.28. The molecule has 2 aromatic rings. The van der Waals surface area contributed by atoms with Crippen molar-refractivity contribution < 1.29 is 9.53 Å². The van der Waals surface area contributed by atoms with Gasteiger partial charge in [-0.1, -0.05) is 42.5 Å². The Morgan fingerprint density at radius 2 is 1.71 bits per heavy atom. The Kier molecular flexibility index (Phi) is 5.79. The molecule has 0 heterocycles. The second kappa shape index (κ2) is 8.07. The minimum Gasteiger partial charge on any atom is -0.489 e. The SMILES string of the molecule is CNC(=O)CNCc1ccc(OCc2ccccc2)cc1. The number of hydrogen-bond donors (Lipinski definition) is 2. The van der Waals surface area contributed by atoms with Crippen LogP contribution < -0.4 is 15.4 Å². The highest BCUT2D eigenvalue weighted by atomic mass is 16.5. The summed E-state index contributed by atoms with van der Waals surface area (Å²) in [5.74, 6) is 0.826. The summed E-state index contributed by atoms with van der Waals surface area (Å²) in [6, 6.07) is 18.0. The number of carbonyl (C=O) groups excluding carboxylic acids is 1. The van der Waals surface area contributed by atoms with Crippen LogP contribution in [0.3, 0.4) is 0 Å². The van der Waals surface area contributed by atoms with Crippen molar-refractivity contribution >= 4 is 5.91 Å². The van der Waals surface area contributed by atoms with Crippen molar-refractivity contribution in [3.63, 3.8) is 0 Å². The van der Waals surface area contributed by atoms with Gasteiger partial charge in [-0.25, -0.2) is 0 Å². The molecular weight excluding hydrogens is 264 g/mol. The zero-order valence-corrected chi connectivity index (χ0v) is 12.1. The average Bonchev–Trinajstić information content (AvgIpc) is 2.55. The van der Waals surface area contributed by atoms with Gasteiger partial charge < -0.3 is 15.4 Å². The molecule has 2 rings (SSSR count). The van der Waals surface area contributed by atoms with Gasteiger partial charge in [-0.15, -0.1) is 0 Å². The standard InChI is InChI=1S/C17H20N2O2/c1-18-17(20)12-19-11-14-7-9-16(10-8-14)21-13-15-5-3-2-4-6-15/h2-10,19H,11-13H2,1H3,(H,18,20). The molecule has 0 saturated heterocycles. The summed E-state index contributed by atoms with van der Waals surface area (Å²) in [4.78, 5) is 11.1. The van der Waals surface area contributed by atoms with Crippen LogP contribution in [0.1, 0.15) is 11.1 Å². The third-order valence-electron chi connectivity index (χ3n) is 3.07. The first-order chi connectivity index (χ1) is 10.3. The van der Waals surface area contributed by atoms with Crippen molar-refractivity contribution in [2.24, 2.45) is 0 Å². The summed E-state index contributed by atoms with van der Waals surface area (Å²) in [5.41, 5.74) is 2.26. The molecule has 0 aromatic heterocycles. The molecule has 2 aromatic carbocycles. The maximum atomic E-state index is 11.1. The van der Waals surface area contributed by atoms with Gasteiger partial charge in [0, 0.05) is 13.6 Å². The molecule has 0 aliphatic rings. The molecule has 4 heteroatoms. The Morgan fingerprint density at radius 1 is 1.00 bits per heavy atom. The average molecular weight is 284 g/mol. The van der Waals surface area contributed by atoms with Crippen molar-refractivity contribution in [1.29, 1.82) is 0 Å². The number of benzene rings is 2. The molecule has 110 valence electrons. The second-order valence-corrected chi connectivity index (χ2v) is 4.69. The van der Waals surface area contributed by atoms with Crippen LogP contribution in [-0.4, -0.2) is 19.5 Å². The summed E-state index contributed by atoms with van der Waals surface area (Å²) in [6.07, 6.45) is 0. The minimum absolute atomic E-state index is 0.0159. The van der Waals surface area contributed by atoms with E-state index in [4.69, 9.17) is 4.74 Å². The van der Waals surface area contributed by atoms with Gasteiger partial charge in [0.25, 0.3) is 0 Å². The molecule has 1 amide bonds. The molecule has 0 atom stereocenters. The van der Waals surface area contributed by atoms with Gasteiger partial charge in [-0.2, -0.15) is 0 Å². The molecule has 0 radical (unpaired) electrons. The summed E-state index contributed by atoms with van der Waals surface area (Å²) < 4.78 is 5.72. The van der Waals surface area contributed by atoms with Crippen LogP contribution in [0.2, 0.25) is 0 Å². The van der Waals surface area contributed by atoms with Crippen LogP contribution in [-0.2, 0) is 17.9 Å². The highest BCUT2D eigenvalue weighted by molar-refractivity contribution is 5.77. The Bertz CT molecular complexity index is 553. The molecule has 0 bridgehead atoms. The minimum atomic E-state index is -0.0159. The van der Waals surface area contributed by atoms with Crippen LogP contribution in [0.4, 0.5) is 0 Å². The molecule has 0 unspecified atom stereocenters. The fourth-order valence-corrected chi connectivity index (χ4v) is 1.85. The zero-order chi connectivity index (χ0) is 14.9. The van der Waals surface area contributed by atoms with E-state index in [1.165, 1.54) is 0 Å². The van der Waals surface area contributed by atoms with Crippen molar-refractivity contribution in [3.05, 3.63) is 65.7 Å². The Morgan fingerprint density at radius 3 is 2.38 bits per heavy atom. The largest absolute Gasteiger partial charge is 0.489 e. The zero-order valence-electron chi connectivity index (χ0n) is 12.1. The molecule has 0 spiro atoms. The van der Waals surface area contributed by atoms with E-state index in [0.29, 0.717) is 19.7 Å². The molecule has 0 aliphatic heterocycles. The fourth-order valence-electron chi connectivity index (χ4n) is 1.85. The number of amides is 1. The normalized spacial score (nSPS) is 10.1. The lowest BCUT2D eigenvalue weighted by Gasteiger charge is -2.08. The van der Waals surface area contributed by atoms with E-state index < -0.39 is 0 Å². The number of hydrogen-bond acceptors (Lipinski definition) is 3. The molecular formula is C17H20N2O2. The predicted octanol–water partition coefficient (Wildman–Crippen LogP) is 2.10. The van der Waals surface area contributed by atoms with Crippen molar-refractivity contribution in [2.45, 2.75) is 13.2 Å². The first-order valence-electron chi connectivity index (χ1n) is 6.95. The third-order valence-corrected chi connectivity index (χ3v) is 3.07. The lowest BCUT2D eigenvalue weighted by molar-refractivity contribution is -0.119. The summed E-state index contributed by atoms with van der Waals surface area (Å²) in [7, 11) is 1.63. The fraction of sp³-hybridized carbons (Fsp3) is 0.235. The Hall–Kier alpha value is -2.33. The van der Waals surface area contributed by atoms with Crippen LogP contribution in [0, 0.1) is 0 Å². The smallest absolute Gasteiger partial charge is 0.233 e. The van der Waals surface area contributed by atoms with Gasteiger partial charge in [-0.05, 0) is 23.3 Å². The second-order valence-electron chi connectivity index (χ2n) is 4.69. The van der Waals surface area contributed by atoms with E-state index in [-0.39, 0.29) is 5.91 Å². The van der Waals surface area contributed by atoms with E-state index in [0.717, 1.165) is 16.9 Å². The van der Waals surface area contributed by atoms with Gasteiger partial charge in [0.05, 0.1) is 6.54 Å². The van der Waals surface area contributed by atoms with Crippen molar-refractivity contribution in [3.8, 4) is 5.75 Å². The van der Waals surface area contributed by atoms with Gasteiger partial charge in [-0.3, -0.25) is 4.79 Å². The van der Waals surface area contributed by atoms with E-state index in [9.17, 15) is 4.79 Å². The monoisotopic (exact) mass is 284 g/mol. The highest BCUT2D eigenvalue weighted by Crippen LogP contribution is 2.14. The van der Waals surface area contributed by atoms with Gasteiger partial charge >= 0.3 is 0 Å².